The van der Waals surface area contributed by atoms with Crippen molar-refractivity contribution in [2.45, 2.75) is 19.8 Å². The molecule has 0 bridgehead atoms. The van der Waals surface area contributed by atoms with E-state index in [0.29, 0.717) is 12.2 Å². The maximum Gasteiger partial charge on any atom is 0.150 e. The van der Waals surface area contributed by atoms with Gasteiger partial charge in [-0.15, -0.1) is 0 Å². The summed E-state index contributed by atoms with van der Waals surface area (Å²) in [6.07, 6.45) is 3.49. The molecule has 0 saturated carbocycles. The van der Waals surface area contributed by atoms with Crippen molar-refractivity contribution in [2.24, 2.45) is 5.92 Å². The Bertz CT molecular complexity index is 392. The van der Waals surface area contributed by atoms with Crippen molar-refractivity contribution in [3.8, 4) is 5.75 Å². The van der Waals surface area contributed by atoms with Crippen molar-refractivity contribution in [3.05, 3.63) is 29.8 Å². The van der Waals surface area contributed by atoms with E-state index in [4.69, 9.17) is 4.74 Å². The van der Waals surface area contributed by atoms with Gasteiger partial charge in [0.2, 0.25) is 0 Å². The maximum atomic E-state index is 10.7. The van der Waals surface area contributed by atoms with Crippen molar-refractivity contribution >= 4 is 6.29 Å². The molecule has 0 aromatic heterocycles. The molecule has 0 N–H and O–H groups in total. The fraction of sp³-hybridized carbons (Fsp3) is 0.533. The number of piperidine rings is 1. The molecule has 1 aromatic carbocycles. The normalized spacial score (nSPS) is 20.6. The minimum atomic E-state index is 0.666. The number of hydrogen-bond donors (Lipinski definition) is 0. The summed E-state index contributed by atoms with van der Waals surface area (Å²) in [5, 5.41) is 0. The topological polar surface area (TPSA) is 29.5 Å². The first-order valence-electron chi connectivity index (χ1n) is 6.68. The first-order valence-corrected chi connectivity index (χ1v) is 6.68. The van der Waals surface area contributed by atoms with E-state index < -0.39 is 0 Å². The second-order valence-electron chi connectivity index (χ2n) is 5.09. The van der Waals surface area contributed by atoms with Crippen LogP contribution in [0.15, 0.2) is 24.3 Å². The molecular weight excluding hydrogens is 226 g/mol. The van der Waals surface area contributed by atoms with Crippen LogP contribution in [0.3, 0.4) is 0 Å². The molecule has 1 atom stereocenters. The third-order valence-corrected chi connectivity index (χ3v) is 3.41. The van der Waals surface area contributed by atoms with E-state index in [9.17, 15) is 4.79 Å². The number of hydrogen-bond acceptors (Lipinski definition) is 3. The SMILES string of the molecule is C[C@H]1CCCN(CCOc2cccc(C=O)c2)C1. The number of carbonyl (C=O) groups excluding carboxylic acids is 1. The van der Waals surface area contributed by atoms with Crippen LogP contribution in [0, 0.1) is 5.92 Å². The molecule has 0 amide bonds. The summed E-state index contributed by atoms with van der Waals surface area (Å²) in [6, 6.07) is 7.31. The summed E-state index contributed by atoms with van der Waals surface area (Å²) in [4.78, 5) is 13.1. The lowest BCUT2D eigenvalue weighted by Gasteiger charge is -2.30. The third kappa shape index (κ3) is 3.84. The molecule has 0 unspecified atom stereocenters. The number of rotatable bonds is 5. The second kappa shape index (κ2) is 6.55. The molecule has 0 aliphatic carbocycles. The van der Waals surface area contributed by atoms with Gasteiger partial charge in [0.15, 0.2) is 0 Å². The highest BCUT2D eigenvalue weighted by molar-refractivity contribution is 5.75. The molecule has 1 aromatic rings. The highest BCUT2D eigenvalue weighted by atomic mass is 16.5. The van der Waals surface area contributed by atoms with Crippen LogP contribution in [0.1, 0.15) is 30.1 Å². The Hall–Kier alpha value is -1.35. The zero-order valence-corrected chi connectivity index (χ0v) is 11.0. The zero-order chi connectivity index (χ0) is 12.8. The van der Waals surface area contributed by atoms with Crippen LogP contribution in [-0.2, 0) is 0 Å². The standard InChI is InChI=1S/C15H21NO2/c1-13-4-3-7-16(11-13)8-9-18-15-6-2-5-14(10-15)12-17/h2,5-6,10,12-13H,3-4,7-9,11H2,1H3/t13-/m0/s1. The largest absolute Gasteiger partial charge is 0.492 e. The van der Waals surface area contributed by atoms with E-state index >= 15 is 0 Å². The van der Waals surface area contributed by atoms with E-state index in [0.717, 1.165) is 24.5 Å². The predicted molar refractivity (Wildman–Crippen MR) is 72.2 cm³/mol. The quantitative estimate of drug-likeness (QED) is 0.749. The van der Waals surface area contributed by atoms with Crippen molar-refractivity contribution < 1.29 is 9.53 Å². The van der Waals surface area contributed by atoms with Gasteiger partial charge in [-0.1, -0.05) is 19.1 Å². The molecule has 3 nitrogen and oxygen atoms in total. The number of nitrogens with zero attached hydrogens (tertiary/aromatic N) is 1. The first kappa shape index (κ1) is 13.1. The van der Waals surface area contributed by atoms with E-state index in [-0.39, 0.29) is 0 Å². The summed E-state index contributed by atoms with van der Waals surface area (Å²) in [5.41, 5.74) is 0.666. The predicted octanol–water partition coefficient (Wildman–Crippen LogP) is 2.61. The van der Waals surface area contributed by atoms with Gasteiger partial charge in [0.25, 0.3) is 0 Å². The van der Waals surface area contributed by atoms with Crippen molar-refractivity contribution in [1.82, 2.24) is 4.90 Å². The molecule has 1 fully saturated rings. The fourth-order valence-electron chi connectivity index (χ4n) is 2.46. The third-order valence-electron chi connectivity index (χ3n) is 3.41. The van der Waals surface area contributed by atoms with Gasteiger partial charge in [0.05, 0.1) is 0 Å². The van der Waals surface area contributed by atoms with Crippen LogP contribution in [0.2, 0.25) is 0 Å². The number of likely N-dealkylation sites (tertiary alicyclic amines) is 1. The first-order chi connectivity index (χ1) is 8.78. The Labute approximate surface area is 109 Å². The number of carbonyl (C=O) groups is 1. The van der Waals surface area contributed by atoms with Crippen LogP contribution in [-0.4, -0.2) is 37.4 Å². The monoisotopic (exact) mass is 247 g/mol. The maximum absolute atomic E-state index is 10.7. The van der Waals surface area contributed by atoms with Crippen molar-refractivity contribution in [1.29, 1.82) is 0 Å². The van der Waals surface area contributed by atoms with E-state index in [1.54, 1.807) is 12.1 Å². The Morgan fingerprint density at radius 2 is 2.39 bits per heavy atom. The summed E-state index contributed by atoms with van der Waals surface area (Å²) in [5.74, 6) is 1.58. The van der Waals surface area contributed by atoms with Gasteiger partial charge in [-0.2, -0.15) is 0 Å². The molecule has 0 radical (unpaired) electrons. The molecule has 1 aliphatic rings. The molecule has 1 saturated heterocycles. The van der Waals surface area contributed by atoms with Crippen LogP contribution >= 0.6 is 0 Å². The van der Waals surface area contributed by atoms with Crippen LogP contribution in [0.25, 0.3) is 0 Å². The number of ether oxygens (including phenoxy) is 1. The van der Waals surface area contributed by atoms with Crippen LogP contribution in [0.5, 0.6) is 5.75 Å². The van der Waals surface area contributed by atoms with Crippen LogP contribution in [0.4, 0.5) is 0 Å². The minimum absolute atomic E-state index is 0.666. The van der Waals surface area contributed by atoms with Gasteiger partial charge in [0, 0.05) is 18.7 Å². The number of aldehydes is 1. The summed E-state index contributed by atoms with van der Waals surface area (Å²) in [6.45, 7) is 6.32. The molecular formula is C15H21NO2. The Kier molecular flexibility index (Phi) is 4.76. The lowest BCUT2D eigenvalue weighted by atomic mass is 10.0. The lowest BCUT2D eigenvalue weighted by Crippen LogP contribution is -2.37. The smallest absolute Gasteiger partial charge is 0.150 e. The Balaban J connectivity index is 1.75. The summed E-state index contributed by atoms with van der Waals surface area (Å²) in [7, 11) is 0. The molecule has 0 spiro atoms. The molecule has 2 rings (SSSR count). The van der Waals surface area contributed by atoms with Crippen molar-refractivity contribution in [3.63, 3.8) is 0 Å². The average Bonchev–Trinajstić information content (AvgIpc) is 2.39. The van der Waals surface area contributed by atoms with E-state index in [2.05, 4.69) is 11.8 Å². The highest BCUT2D eigenvalue weighted by Crippen LogP contribution is 2.16. The molecule has 18 heavy (non-hydrogen) atoms. The molecule has 3 heteroatoms. The van der Waals surface area contributed by atoms with Gasteiger partial charge in [-0.3, -0.25) is 9.69 Å². The Morgan fingerprint density at radius 3 is 3.17 bits per heavy atom. The van der Waals surface area contributed by atoms with Gasteiger partial charge in [-0.25, -0.2) is 0 Å². The zero-order valence-electron chi connectivity index (χ0n) is 11.0. The van der Waals surface area contributed by atoms with Gasteiger partial charge in [0.1, 0.15) is 18.6 Å². The second-order valence-corrected chi connectivity index (χ2v) is 5.09. The molecule has 1 heterocycles. The Morgan fingerprint density at radius 1 is 1.50 bits per heavy atom. The number of benzene rings is 1. The highest BCUT2D eigenvalue weighted by Gasteiger charge is 2.15. The van der Waals surface area contributed by atoms with Gasteiger partial charge in [-0.05, 0) is 37.4 Å². The molecule has 1 aliphatic heterocycles. The lowest BCUT2D eigenvalue weighted by molar-refractivity contribution is 0.112. The van der Waals surface area contributed by atoms with Gasteiger partial charge < -0.3 is 4.74 Å². The fourth-order valence-corrected chi connectivity index (χ4v) is 2.46. The summed E-state index contributed by atoms with van der Waals surface area (Å²) >= 11 is 0. The van der Waals surface area contributed by atoms with Gasteiger partial charge >= 0.3 is 0 Å². The van der Waals surface area contributed by atoms with Crippen LogP contribution < -0.4 is 4.74 Å². The average molecular weight is 247 g/mol. The molecule has 98 valence electrons. The van der Waals surface area contributed by atoms with Crippen molar-refractivity contribution in [2.75, 3.05) is 26.2 Å². The van der Waals surface area contributed by atoms with E-state index in [1.165, 1.54) is 25.9 Å². The van der Waals surface area contributed by atoms with E-state index in [1.807, 2.05) is 12.1 Å². The summed E-state index contributed by atoms with van der Waals surface area (Å²) < 4.78 is 5.69. The minimum Gasteiger partial charge on any atom is -0.492 e.